The Morgan fingerprint density at radius 3 is 1.15 bits per heavy atom. The van der Waals surface area contributed by atoms with Crippen molar-refractivity contribution < 1.29 is 89.4 Å². The number of hydrogen-bond donors (Lipinski definition) is 12. The van der Waals surface area contributed by atoms with Gasteiger partial charge in [0.2, 0.25) is 5.91 Å². The predicted octanol–water partition coefficient (Wildman–Crippen LogP) is 10.9. The third kappa shape index (κ3) is 36.9. The molecule has 3 fully saturated rings. The van der Waals surface area contributed by atoms with Crippen molar-refractivity contribution in [3.05, 3.63) is 72.9 Å². The highest BCUT2D eigenvalue weighted by Gasteiger charge is 2.53. The van der Waals surface area contributed by atoms with Gasteiger partial charge < -0.3 is 89.9 Å². The molecule has 3 heterocycles. The fraction of sp³-hybridized carbons (Fsp3) is 0.827. The third-order valence-corrected chi connectivity index (χ3v) is 18.3. The number of unbranched alkanes of at least 4 members (excludes halogenated alkanes) is 31. The van der Waals surface area contributed by atoms with E-state index in [-0.39, 0.29) is 18.9 Å². The van der Waals surface area contributed by atoms with Crippen molar-refractivity contribution in [1.29, 1.82) is 0 Å². The Morgan fingerprint density at radius 1 is 0.394 bits per heavy atom. The number of rotatable bonds is 57. The van der Waals surface area contributed by atoms with Gasteiger partial charge in [-0.25, -0.2) is 0 Å². The third-order valence-electron chi connectivity index (χ3n) is 18.3. The maximum absolute atomic E-state index is 13.4. The molecule has 546 valence electrons. The van der Waals surface area contributed by atoms with E-state index in [0.717, 1.165) is 77.0 Å². The minimum atomic E-state index is -1.98. The Hall–Kier alpha value is -2.77. The summed E-state index contributed by atoms with van der Waals surface area (Å²) in [5, 5.41) is 121. The van der Waals surface area contributed by atoms with Crippen molar-refractivity contribution in [2.24, 2.45) is 0 Å². The fourth-order valence-electron chi connectivity index (χ4n) is 12.3. The minimum Gasteiger partial charge on any atom is -0.394 e. The summed E-state index contributed by atoms with van der Waals surface area (Å²) >= 11 is 0. The molecule has 17 atom stereocenters. The lowest BCUT2D eigenvalue weighted by molar-refractivity contribution is -0.379. The molecule has 0 aromatic rings. The Bertz CT molecular complexity index is 1980. The summed E-state index contributed by atoms with van der Waals surface area (Å²) in [6.45, 7) is 1.63. The highest BCUT2D eigenvalue weighted by atomic mass is 16.8. The van der Waals surface area contributed by atoms with E-state index in [1.54, 1.807) is 6.08 Å². The first-order valence-corrected chi connectivity index (χ1v) is 37.2. The first kappa shape index (κ1) is 85.5. The van der Waals surface area contributed by atoms with Gasteiger partial charge in [-0.3, -0.25) is 4.79 Å². The average molecular weight is 1340 g/mol. The molecular formula is C75H133NO18. The van der Waals surface area contributed by atoms with Crippen molar-refractivity contribution in [2.75, 3.05) is 26.4 Å². The topological polar surface area (TPSA) is 307 Å². The van der Waals surface area contributed by atoms with Crippen molar-refractivity contribution in [1.82, 2.24) is 5.32 Å². The van der Waals surface area contributed by atoms with Crippen LogP contribution in [-0.2, 0) is 33.2 Å². The Kier molecular flexibility index (Phi) is 50.9. The maximum Gasteiger partial charge on any atom is 0.220 e. The second-order valence-electron chi connectivity index (χ2n) is 26.4. The number of ether oxygens (including phenoxy) is 6. The van der Waals surface area contributed by atoms with Crippen LogP contribution < -0.4 is 5.32 Å². The van der Waals surface area contributed by atoms with E-state index in [2.05, 4.69) is 79.9 Å². The SMILES string of the molecule is CC/C=C\C/C=C\C/C=C\C/C=C\C/C=C\CCCCCCCCCCCCCCCCCCCC(=O)NC(COC1OC(CO)C(OC2OC(CO)C(OC3OC(CO)C(O)C(O)C3O)C(O)C2O)C(O)C1O)C(O)/C=C/CCCCCCCCCCCCCCCC. The minimum absolute atomic E-state index is 0.242. The van der Waals surface area contributed by atoms with Gasteiger partial charge in [-0.2, -0.15) is 0 Å². The molecule has 0 aliphatic carbocycles. The lowest BCUT2D eigenvalue weighted by Crippen LogP contribution is -2.66. The van der Waals surface area contributed by atoms with Gasteiger partial charge in [0, 0.05) is 6.42 Å². The zero-order chi connectivity index (χ0) is 68.2. The molecule has 0 saturated carbocycles. The van der Waals surface area contributed by atoms with E-state index in [9.17, 15) is 61.0 Å². The average Bonchev–Trinajstić information content (AvgIpc) is 0.787. The van der Waals surface area contributed by atoms with Crippen LogP contribution in [0, 0.1) is 0 Å². The predicted molar refractivity (Wildman–Crippen MR) is 369 cm³/mol. The summed E-state index contributed by atoms with van der Waals surface area (Å²) in [7, 11) is 0. The summed E-state index contributed by atoms with van der Waals surface area (Å²) in [5.74, 6) is -0.275. The quantitative estimate of drug-likeness (QED) is 0.0199. The summed E-state index contributed by atoms with van der Waals surface area (Å²) < 4.78 is 34.4. The molecule has 3 aliphatic rings. The Morgan fingerprint density at radius 2 is 0.734 bits per heavy atom. The molecule has 3 rings (SSSR count). The lowest BCUT2D eigenvalue weighted by Gasteiger charge is -2.48. The number of nitrogens with one attached hydrogen (secondary N) is 1. The van der Waals surface area contributed by atoms with Crippen molar-refractivity contribution >= 4 is 5.91 Å². The summed E-state index contributed by atoms with van der Waals surface area (Å²) in [6, 6.07) is -0.975. The molecule has 0 aromatic carbocycles. The van der Waals surface area contributed by atoms with Crippen LogP contribution in [0.5, 0.6) is 0 Å². The molecule has 17 unspecified atom stereocenters. The maximum atomic E-state index is 13.4. The van der Waals surface area contributed by atoms with Crippen LogP contribution in [-0.4, -0.2) is 193 Å². The Balaban J connectivity index is 1.36. The number of amides is 1. The van der Waals surface area contributed by atoms with Crippen LogP contribution in [0.4, 0.5) is 0 Å². The van der Waals surface area contributed by atoms with Gasteiger partial charge in [0.1, 0.15) is 73.2 Å². The van der Waals surface area contributed by atoms with Crippen LogP contribution in [0.25, 0.3) is 0 Å². The van der Waals surface area contributed by atoms with Gasteiger partial charge in [0.05, 0.1) is 38.6 Å². The van der Waals surface area contributed by atoms with E-state index in [0.29, 0.717) is 6.42 Å². The van der Waals surface area contributed by atoms with Crippen LogP contribution >= 0.6 is 0 Å². The molecule has 1 amide bonds. The molecule has 0 aromatic heterocycles. The van der Waals surface area contributed by atoms with Gasteiger partial charge in [-0.1, -0.05) is 267 Å². The van der Waals surface area contributed by atoms with E-state index in [4.69, 9.17) is 28.4 Å². The summed E-state index contributed by atoms with van der Waals surface area (Å²) in [4.78, 5) is 13.4. The highest BCUT2D eigenvalue weighted by Crippen LogP contribution is 2.33. The van der Waals surface area contributed by atoms with Gasteiger partial charge in [0.15, 0.2) is 18.9 Å². The van der Waals surface area contributed by atoms with E-state index < -0.39 is 124 Å². The van der Waals surface area contributed by atoms with Crippen LogP contribution in [0.2, 0.25) is 0 Å². The monoisotopic (exact) mass is 1340 g/mol. The lowest BCUT2D eigenvalue weighted by atomic mass is 9.96. The molecule has 19 nitrogen and oxygen atoms in total. The second kappa shape index (κ2) is 56.0. The van der Waals surface area contributed by atoms with Gasteiger partial charge in [0.25, 0.3) is 0 Å². The van der Waals surface area contributed by atoms with Crippen LogP contribution in [0.3, 0.4) is 0 Å². The highest BCUT2D eigenvalue weighted by molar-refractivity contribution is 5.76. The summed E-state index contributed by atoms with van der Waals surface area (Å²) in [5.41, 5.74) is 0. The van der Waals surface area contributed by atoms with E-state index in [1.165, 1.54) is 161 Å². The van der Waals surface area contributed by atoms with Crippen molar-refractivity contribution in [2.45, 2.75) is 369 Å². The fourth-order valence-corrected chi connectivity index (χ4v) is 12.3. The largest absolute Gasteiger partial charge is 0.394 e. The van der Waals surface area contributed by atoms with Crippen molar-refractivity contribution in [3.8, 4) is 0 Å². The number of aliphatic hydroxyl groups is 11. The standard InChI is InChI=1S/C75H133NO18/c1-3-5-7-9-11-13-15-17-19-21-22-23-24-25-26-27-28-29-30-31-32-33-34-35-36-37-39-41-43-45-47-49-51-53-63(81)76-58(59(80)52-50-48-46-44-42-40-38-20-18-16-14-12-10-8-6-4-2)57-89-73-69(87)66(84)71(61(55-78)91-73)94-75-70(88)67(85)72(62(56-79)92-75)93-74-68(86)65(83)64(82)60(54-77)90-74/h5,7,11,13,17,19,22-23,25-26,50,52,58-62,64-75,77-80,82-88H,3-4,6,8-10,12,14-16,18,20-21,24,27-49,51,53-57H2,1-2H3,(H,76,81)/b7-5-,13-11-,19-17-,23-22-,26-25-,52-50+. The normalized spacial score (nSPS) is 27.8. The molecule has 0 radical (unpaired) electrons. The first-order chi connectivity index (χ1) is 45.8. The smallest absolute Gasteiger partial charge is 0.220 e. The van der Waals surface area contributed by atoms with E-state index >= 15 is 0 Å². The number of allylic oxidation sites excluding steroid dienone is 11. The molecule has 3 aliphatic heterocycles. The van der Waals surface area contributed by atoms with Gasteiger partial charge >= 0.3 is 0 Å². The zero-order valence-corrected chi connectivity index (χ0v) is 57.9. The Labute approximate surface area is 566 Å². The molecule has 12 N–H and O–H groups in total. The zero-order valence-electron chi connectivity index (χ0n) is 57.9. The number of hydrogen-bond acceptors (Lipinski definition) is 18. The van der Waals surface area contributed by atoms with Gasteiger partial charge in [-0.05, 0) is 64.2 Å². The van der Waals surface area contributed by atoms with Crippen LogP contribution in [0.1, 0.15) is 264 Å². The van der Waals surface area contributed by atoms with Crippen molar-refractivity contribution in [3.63, 3.8) is 0 Å². The number of aliphatic hydroxyl groups excluding tert-OH is 11. The molecule has 0 spiro atoms. The van der Waals surface area contributed by atoms with E-state index in [1.807, 2.05) is 6.08 Å². The summed E-state index contributed by atoms with van der Waals surface area (Å²) in [6.07, 6.45) is 44.5. The van der Waals surface area contributed by atoms with Crippen LogP contribution in [0.15, 0.2) is 72.9 Å². The second-order valence-corrected chi connectivity index (χ2v) is 26.4. The molecule has 0 bridgehead atoms. The first-order valence-electron chi connectivity index (χ1n) is 37.2. The number of carbonyl (C=O) groups is 1. The molecule has 19 heteroatoms. The molecular weight excluding hydrogens is 1200 g/mol. The van der Waals surface area contributed by atoms with Gasteiger partial charge in [-0.15, -0.1) is 0 Å². The molecule has 94 heavy (non-hydrogen) atoms. The number of carbonyl (C=O) groups excluding carboxylic acids is 1. The molecule has 3 saturated heterocycles.